The van der Waals surface area contributed by atoms with Gasteiger partial charge in [0.2, 0.25) is 0 Å². The molecule has 0 heteroatoms. The third-order valence-corrected chi connectivity index (χ3v) is 11.6. The van der Waals surface area contributed by atoms with Gasteiger partial charge in [-0.05, 0) is 135 Å². The fraction of sp³-hybridized carbons (Fsp3) is 1.00. The molecule has 0 heterocycles. The second-order valence-corrected chi connectivity index (χ2v) is 13.5. The van der Waals surface area contributed by atoms with Gasteiger partial charge in [-0.2, -0.15) is 0 Å². The smallest absolute Gasteiger partial charge is 0.0334 e. The first-order valence-electron chi connectivity index (χ1n) is 14.3. The third kappa shape index (κ3) is 4.98. The summed E-state index contributed by atoms with van der Waals surface area (Å²) in [5.41, 5.74) is 0. The third-order valence-electron chi connectivity index (χ3n) is 11.6. The van der Waals surface area contributed by atoms with Gasteiger partial charge in [0.15, 0.2) is 0 Å². The molecule has 0 spiro atoms. The quantitative estimate of drug-likeness (QED) is 0.431. The standard InChI is InChI=1S/C30H54/c1-19-7-9-25(10-8-19)26-11-13-27(14-12-26)28-17-22(4)30(23(5)18-28)29-15-20(2)24(6)21(3)16-29/h19-30H,7-18H2,1-6H3. The maximum Gasteiger partial charge on any atom is -0.0334 e. The summed E-state index contributed by atoms with van der Waals surface area (Å²) in [5, 5.41) is 0. The molecule has 0 N–H and O–H groups in total. The van der Waals surface area contributed by atoms with E-state index in [0.29, 0.717) is 0 Å². The van der Waals surface area contributed by atoms with E-state index < -0.39 is 0 Å². The molecule has 0 radical (unpaired) electrons. The Morgan fingerprint density at radius 3 is 1.20 bits per heavy atom. The van der Waals surface area contributed by atoms with E-state index in [1.54, 1.807) is 51.4 Å². The van der Waals surface area contributed by atoms with Gasteiger partial charge in [-0.15, -0.1) is 0 Å². The Balaban J connectivity index is 1.29. The van der Waals surface area contributed by atoms with Crippen LogP contribution in [0.4, 0.5) is 0 Å². The van der Waals surface area contributed by atoms with Gasteiger partial charge in [0.25, 0.3) is 0 Å². The summed E-state index contributed by atoms with van der Waals surface area (Å²) in [6.07, 6.45) is 18.5. The van der Waals surface area contributed by atoms with Gasteiger partial charge in [0, 0.05) is 0 Å². The van der Waals surface area contributed by atoms with Gasteiger partial charge in [0.05, 0.1) is 0 Å². The molecule has 0 aliphatic heterocycles. The monoisotopic (exact) mass is 414 g/mol. The predicted octanol–water partition coefficient (Wildman–Crippen LogP) is 9.24. The average molecular weight is 415 g/mol. The molecule has 30 heavy (non-hydrogen) atoms. The van der Waals surface area contributed by atoms with E-state index >= 15 is 0 Å². The highest BCUT2D eigenvalue weighted by atomic mass is 14.5. The van der Waals surface area contributed by atoms with Crippen molar-refractivity contribution in [1.82, 2.24) is 0 Å². The first-order chi connectivity index (χ1) is 14.3. The van der Waals surface area contributed by atoms with E-state index in [9.17, 15) is 0 Å². The summed E-state index contributed by atoms with van der Waals surface area (Å²) in [6, 6.07) is 0. The van der Waals surface area contributed by atoms with Crippen LogP contribution in [0.15, 0.2) is 0 Å². The molecule has 4 unspecified atom stereocenters. The second-order valence-electron chi connectivity index (χ2n) is 13.5. The van der Waals surface area contributed by atoms with Crippen LogP contribution in [-0.4, -0.2) is 0 Å². The lowest BCUT2D eigenvalue weighted by atomic mass is 9.55. The van der Waals surface area contributed by atoms with Crippen molar-refractivity contribution >= 4 is 0 Å². The Morgan fingerprint density at radius 2 is 0.733 bits per heavy atom. The van der Waals surface area contributed by atoms with Gasteiger partial charge < -0.3 is 0 Å². The van der Waals surface area contributed by atoms with Crippen LogP contribution in [0, 0.1) is 71.0 Å². The van der Waals surface area contributed by atoms with Crippen LogP contribution < -0.4 is 0 Å². The van der Waals surface area contributed by atoms with Crippen LogP contribution in [0.5, 0.6) is 0 Å². The van der Waals surface area contributed by atoms with Crippen molar-refractivity contribution in [3.05, 3.63) is 0 Å². The van der Waals surface area contributed by atoms with Crippen molar-refractivity contribution in [1.29, 1.82) is 0 Å². The van der Waals surface area contributed by atoms with Crippen LogP contribution >= 0.6 is 0 Å². The van der Waals surface area contributed by atoms with E-state index in [1.165, 1.54) is 25.7 Å². The van der Waals surface area contributed by atoms with Gasteiger partial charge >= 0.3 is 0 Å². The zero-order chi connectivity index (χ0) is 21.4. The zero-order valence-corrected chi connectivity index (χ0v) is 21.4. The highest BCUT2D eigenvalue weighted by molar-refractivity contribution is 4.93. The maximum atomic E-state index is 2.65. The fourth-order valence-corrected chi connectivity index (χ4v) is 9.44. The molecular formula is C30H54. The molecule has 4 aliphatic rings. The molecule has 0 amide bonds. The lowest BCUT2D eigenvalue weighted by Crippen LogP contribution is -2.41. The van der Waals surface area contributed by atoms with Gasteiger partial charge in [-0.3, -0.25) is 0 Å². The topological polar surface area (TPSA) is 0 Å². The molecule has 0 bridgehead atoms. The second kappa shape index (κ2) is 9.87. The highest BCUT2D eigenvalue weighted by Crippen LogP contribution is 2.53. The first-order valence-corrected chi connectivity index (χ1v) is 14.3. The molecule has 0 aromatic carbocycles. The summed E-state index contributed by atoms with van der Waals surface area (Å²) in [4.78, 5) is 0. The van der Waals surface area contributed by atoms with Crippen molar-refractivity contribution in [2.24, 2.45) is 71.0 Å². The summed E-state index contributed by atoms with van der Waals surface area (Å²) in [7, 11) is 0. The Morgan fingerprint density at radius 1 is 0.367 bits per heavy atom. The summed E-state index contributed by atoms with van der Waals surface area (Å²) in [6.45, 7) is 15.4. The van der Waals surface area contributed by atoms with E-state index in [0.717, 1.165) is 71.0 Å². The predicted molar refractivity (Wildman–Crippen MR) is 131 cm³/mol. The normalized spacial score (nSPS) is 53.4. The molecular weight excluding hydrogens is 360 g/mol. The highest BCUT2D eigenvalue weighted by Gasteiger charge is 2.44. The molecule has 4 saturated carbocycles. The van der Waals surface area contributed by atoms with Crippen LogP contribution in [0.2, 0.25) is 0 Å². The van der Waals surface area contributed by atoms with Gasteiger partial charge in [0.1, 0.15) is 0 Å². The van der Waals surface area contributed by atoms with E-state index in [-0.39, 0.29) is 0 Å². The molecule has 0 saturated heterocycles. The molecule has 0 aromatic heterocycles. The lowest BCUT2D eigenvalue weighted by molar-refractivity contribution is -0.00242. The number of rotatable bonds is 3. The largest absolute Gasteiger partial charge is 0.0625 e. The molecule has 0 aromatic rings. The zero-order valence-electron chi connectivity index (χ0n) is 21.4. The number of hydrogen-bond donors (Lipinski definition) is 0. The minimum Gasteiger partial charge on any atom is -0.0625 e. The van der Waals surface area contributed by atoms with Crippen LogP contribution in [-0.2, 0) is 0 Å². The molecule has 4 rings (SSSR count). The number of hydrogen-bond acceptors (Lipinski definition) is 0. The molecule has 0 nitrogen and oxygen atoms in total. The fourth-order valence-electron chi connectivity index (χ4n) is 9.44. The van der Waals surface area contributed by atoms with Crippen molar-refractivity contribution in [2.75, 3.05) is 0 Å². The van der Waals surface area contributed by atoms with Crippen LogP contribution in [0.25, 0.3) is 0 Å². The van der Waals surface area contributed by atoms with Gasteiger partial charge in [-0.1, -0.05) is 54.4 Å². The van der Waals surface area contributed by atoms with Crippen molar-refractivity contribution < 1.29 is 0 Å². The van der Waals surface area contributed by atoms with Crippen LogP contribution in [0.3, 0.4) is 0 Å². The van der Waals surface area contributed by atoms with Crippen LogP contribution in [0.1, 0.15) is 119 Å². The Hall–Kier alpha value is 0. The molecule has 4 fully saturated rings. The molecule has 4 aliphatic carbocycles. The summed E-state index contributed by atoms with van der Waals surface area (Å²) in [5.74, 6) is 12.1. The van der Waals surface area contributed by atoms with Crippen molar-refractivity contribution in [2.45, 2.75) is 119 Å². The molecule has 4 atom stereocenters. The maximum absolute atomic E-state index is 2.65. The van der Waals surface area contributed by atoms with E-state index in [1.807, 2.05) is 0 Å². The molecule has 174 valence electrons. The van der Waals surface area contributed by atoms with Crippen molar-refractivity contribution in [3.8, 4) is 0 Å². The minimum absolute atomic E-state index is 0.936. The van der Waals surface area contributed by atoms with Crippen molar-refractivity contribution in [3.63, 3.8) is 0 Å². The summed E-state index contributed by atoms with van der Waals surface area (Å²) >= 11 is 0. The van der Waals surface area contributed by atoms with E-state index in [2.05, 4.69) is 41.5 Å². The van der Waals surface area contributed by atoms with E-state index in [4.69, 9.17) is 0 Å². The Kier molecular flexibility index (Phi) is 7.62. The lowest BCUT2D eigenvalue weighted by Gasteiger charge is -2.50. The Labute approximate surface area is 189 Å². The van der Waals surface area contributed by atoms with Gasteiger partial charge in [-0.25, -0.2) is 0 Å². The Bertz CT molecular complexity index is 496. The SMILES string of the molecule is CC1CCC(C2CCC(C3CC(C)C(C4CC(C)C(C)C(C)C4)C(C)C3)CC2)CC1. The first kappa shape index (κ1) is 23.2. The summed E-state index contributed by atoms with van der Waals surface area (Å²) < 4.78 is 0. The minimum atomic E-state index is 0.936. The average Bonchev–Trinajstić information content (AvgIpc) is 2.72.